The van der Waals surface area contributed by atoms with E-state index in [1.54, 1.807) is 0 Å². The standard InChI is InChI=1S/C15H25N3O2/c1-18-12-13(11-17-18)2-6-16-14-3-7-20-15(10-14)4-8-19-9-5-15/h11-12,14,16H,2-10H2,1H3. The van der Waals surface area contributed by atoms with Crippen LogP contribution < -0.4 is 5.32 Å². The summed E-state index contributed by atoms with van der Waals surface area (Å²) < 4.78 is 13.4. The second kappa shape index (κ2) is 6.24. The highest BCUT2D eigenvalue weighted by Crippen LogP contribution is 2.34. The van der Waals surface area contributed by atoms with E-state index in [1.165, 1.54) is 5.56 Å². The van der Waals surface area contributed by atoms with Gasteiger partial charge < -0.3 is 14.8 Å². The molecule has 1 aromatic rings. The van der Waals surface area contributed by atoms with Gasteiger partial charge in [0.05, 0.1) is 11.8 Å². The number of hydrogen-bond donors (Lipinski definition) is 1. The normalized spacial score (nSPS) is 25.9. The highest BCUT2D eigenvalue weighted by atomic mass is 16.5. The van der Waals surface area contributed by atoms with Crippen molar-refractivity contribution >= 4 is 0 Å². The number of nitrogens with zero attached hydrogens (tertiary/aromatic N) is 2. The third kappa shape index (κ3) is 3.40. The van der Waals surface area contributed by atoms with Gasteiger partial charge in [-0.2, -0.15) is 5.10 Å². The number of hydrogen-bond acceptors (Lipinski definition) is 4. The van der Waals surface area contributed by atoms with Crippen LogP contribution in [0.1, 0.15) is 31.2 Å². The Bertz CT molecular complexity index is 421. The van der Waals surface area contributed by atoms with Crippen LogP contribution in [0.15, 0.2) is 12.4 Å². The first-order chi connectivity index (χ1) is 9.76. The molecule has 2 fully saturated rings. The molecule has 0 bridgehead atoms. The monoisotopic (exact) mass is 279 g/mol. The van der Waals surface area contributed by atoms with Crippen LogP contribution in [0.4, 0.5) is 0 Å². The van der Waals surface area contributed by atoms with E-state index in [4.69, 9.17) is 9.47 Å². The van der Waals surface area contributed by atoms with Crippen molar-refractivity contribution in [2.45, 2.75) is 43.7 Å². The lowest BCUT2D eigenvalue weighted by Gasteiger charge is -2.43. The van der Waals surface area contributed by atoms with E-state index in [9.17, 15) is 0 Å². The van der Waals surface area contributed by atoms with E-state index in [2.05, 4.69) is 16.6 Å². The first kappa shape index (κ1) is 14.0. The number of ether oxygens (including phenoxy) is 2. The minimum atomic E-state index is 0.0858. The van der Waals surface area contributed by atoms with Gasteiger partial charge in [-0.3, -0.25) is 4.68 Å². The van der Waals surface area contributed by atoms with Crippen LogP contribution >= 0.6 is 0 Å². The van der Waals surface area contributed by atoms with Crippen LogP contribution in [0.2, 0.25) is 0 Å². The molecular formula is C15H25N3O2. The van der Waals surface area contributed by atoms with Gasteiger partial charge in [0.25, 0.3) is 0 Å². The molecule has 1 spiro atoms. The van der Waals surface area contributed by atoms with E-state index in [1.807, 2.05) is 17.9 Å². The molecule has 1 N–H and O–H groups in total. The van der Waals surface area contributed by atoms with Gasteiger partial charge in [-0.1, -0.05) is 0 Å². The highest BCUT2D eigenvalue weighted by molar-refractivity contribution is 5.04. The van der Waals surface area contributed by atoms with Crippen molar-refractivity contribution in [3.8, 4) is 0 Å². The summed E-state index contributed by atoms with van der Waals surface area (Å²) in [4.78, 5) is 0. The SMILES string of the molecule is Cn1cc(CCNC2CCOC3(CCOCC3)C2)cn1. The number of nitrogens with one attached hydrogen (secondary N) is 1. The maximum absolute atomic E-state index is 6.07. The number of rotatable bonds is 4. The summed E-state index contributed by atoms with van der Waals surface area (Å²) in [5, 5.41) is 7.90. The molecule has 20 heavy (non-hydrogen) atoms. The highest BCUT2D eigenvalue weighted by Gasteiger charge is 2.38. The van der Waals surface area contributed by atoms with Crippen molar-refractivity contribution in [2.75, 3.05) is 26.4 Å². The van der Waals surface area contributed by atoms with Crippen LogP contribution in [-0.2, 0) is 22.9 Å². The molecular weight excluding hydrogens is 254 g/mol. The fourth-order valence-electron chi connectivity index (χ4n) is 3.32. The second-order valence-electron chi connectivity index (χ2n) is 6.06. The average Bonchev–Trinajstić information content (AvgIpc) is 2.86. The summed E-state index contributed by atoms with van der Waals surface area (Å²) >= 11 is 0. The van der Waals surface area contributed by atoms with Crippen molar-refractivity contribution in [3.05, 3.63) is 18.0 Å². The molecule has 2 aliphatic heterocycles. The summed E-state index contributed by atoms with van der Waals surface area (Å²) in [6.07, 6.45) is 9.43. The Morgan fingerprint density at radius 3 is 3.00 bits per heavy atom. The van der Waals surface area contributed by atoms with Gasteiger partial charge in [-0.25, -0.2) is 0 Å². The van der Waals surface area contributed by atoms with E-state index in [0.717, 1.165) is 58.5 Å². The van der Waals surface area contributed by atoms with Gasteiger partial charge in [-0.15, -0.1) is 0 Å². The molecule has 0 amide bonds. The zero-order chi connectivity index (χ0) is 13.8. The summed E-state index contributed by atoms with van der Waals surface area (Å²) in [7, 11) is 1.96. The molecule has 2 aliphatic rings. The maximum atomic E-state index is 6.07. The summed E-state index contributed by atoms with van der Waals surface area (Å²) in [6.45, 7) is 3.60. The van der Waals surface area contributed by atoms with Crippen molar-refractivity contribution in [2.24, 2.45) is 7.05 Å². The van der Waals surface area contributed by atoms with Crippen LogP contribution in [0.3, 0.4) is 0 Å². The van der Waals surface area contributed by atoms with Gasteiger partial charge in [0.2, 0.25) is 0 Å². The van der Waals surface area contributed by atoms with E-state index in [-0.39, 0.29) is 5.60 Å². The van der Waals surface area contributed by atoms with E-state index >= 15 is 0 Å². The Balaban J connectivity index is 1.45. The Hall–Kier alpha value is -0.910. The van der Waals surface area contributed by atoms with Gasteiger partial charge >= 0.3 is 0 Å². The second-order valence-corrected chi connectivity index (χ2v) is 6.06. The number of aromatic nitrogens is 2. The predicted octanol–water partition coefficient (Wildman–Crippen LogP) is 1.28. The summed E-state index contributed by atoms with van der Waals surface area (Å²) in [5.41, 5.74) is 1.38. The number of aryl methyl sites for hydroxylation is 1. The summed E-state index contributed by atoms with van der Waals surface area (Å²) in [5.74, 6) is 0. The Morgan fingerprint density at radius 2 is 2.25 bits per heavy atom. The fraction of sp³-hybridized carbons (Fsp3) is 0.800. The van der Waals surface area contributed by atoms with Crippen LogP contribution in [0, 0.1) is 0 Å². The molecule has 0 aliphatic carbocycles. The van der Waals surface area contributed by atoms with Crippen molar-refractivity contribution in [1.29, 1.82) is 0 Å². The maximum Gasteiger partial charge on any atom is 0.0741 e. The first-order valence-corrected chi connectivity index (χ1v) is 7.68. The molecule has 112 valence electrons. The molecule has 1 atom stereocenters. The molecule has 5 heteroatoms. The zero-order valence-electron chi connectivity index (χ0n) is 12.3. The van der Waals surface area contributed by atoms with Crippen molar-refractivity contribution < 1.29 is 9.47 Å². The lowest BCUT2D eigenvalue weighted by molar-refractivity contribution is -0.140. The summed E-state index contributed by atoms with van der Waals surface area (Å²) in [6, 6.07) is 0.582. The molecule has 1 unspecified atom stereocenters. The smallest absolute Gasteiger partial charge is 0.0741 e. The average molecular weight is 279 g/mol. The predicted molar refractivity (Wildman–Crippen MR) is 76.7 cm³/mol. The lowest BCUT2D eigenvalue weighted by atomic mass is 9.84. The molecule has 0 aromatic carbocycles. The molecule has 3 heterocycles. The minimum absolute atomic E-state index is 0.0858. The van der Waals surface area contributed by atoms with Crippen LogP contribution in [-0.4, -0.2) is 47.8 Å². The lowest BCUT2D eigenvalue weighted by Crippen LogP contribution is -2.50. The fourth-order valence-corrected chi connectivity index (χ4v) is 3.32. The van der Waals surface area contributed by atoms with Crippen LogP contribution in [0.5, 0.6) is 0 Å². The van der Waals surface area contributed by atoms with Gasteiger partial charge in [-0.05, 0) is 44.2 Å². The largest absolute Gasteiger partial charge is 0.381 e. The quantitative estimate of drug-likeness (QED) is 0.902. The Labute approximate surface area is 120 Å². The molecule has 1 aromatic heterocycles. The third-order valence-corrected chi connectivity index (χ3v) is 4.50. The Morgan fingerprint density at radius 1 is 1.40 bits per heavy atom. The topological polar surface area (TPSA) is 48.3 Å². The van der Waals surface area contributed by atoms with Gasteiger partial charge in [0, 0.05) is 39.1 Å². The van der Waals surface area contributed by atoms with E-state index in [0.29, 0.717) is 6.04 Å². The van der Waals surface area contributed by atoms with Crippen LogP contribution in [0.25, 0.3) is 0 Å². The van der Waals surface area contributed by atoms with Gasteiger partial charge in [0.15, 0.2) is 0 Å². The molecule has 0 radical (unpaired) electrons. The molecule has 0 saturated carbocycles. The molecule has 3 rings (SSSR count). The van der Waals surface area contributed by atoms with Gasteiger partial charge in [0.1, 0.15) is 0 Å². The third-order valence-electron chi connectivity index (χ3n) is 4.50. The van der Waals surface area contributed by atoms with Crippen molar-refractivity contribution in [3.63, 3.8) is 0 Å². The minimum Gasteiger partial charge on any atom is -0.381 e. The van der Waals surface area contributed by atoms with Crippen molar-refractivity contribution in [1.82, 2.24) is 15.1 Å². The molecule has 5 nitrogen and oxygen atoms in total. The Kier molecular flexibility index (Phi) is 4.38. The molecule has 2 saturated heterocycles. The zero-order valence-corrected chi connectivity index (χ0v) is 12.3. The first-order valence-electron chi connectivity index (χ1n) is 7.68. The van der Waals surface area contributed by atoms with E-state index < -0.39 is 0 Å².